The molecule has 130 valence electrons. The standard InChI is InChI=1S/C19H28N4O/c1-13-15-9-10-17(24)23(12-14-6-3-2-4-7-14)19(15)22-18(21-13)16-8-5-11-20-16/h14,16,20H,2-12H2,1H3/t16-/m0/s1. The van der Waals surface area contributed by atoms with Gasteiger partial charge in [0.05, 0.1) is 6.04 Å². The van der Waals surface area contributed by atoms with E-state index in [0.717, 1.165) is 43.3 Å². The van der Waals surface area contributed by atoms with E-state index in [0.29, 0.717) is 12.3 Å². The Balaban J connectivity index is 1.64. The Hall–Kier alpha value is -1.49. The van der Waals surface area contributed by atoms with E-state index in [9.17, 15) is 4.79 Å². The smallest absolute Gasteiger partial charge is 0.228 e. The lowest BCUT2D eigenvalue weighted by Crippen LogP contribution is -2.40. The Morgan fingerprint density at radius 1 is 1.08 bits per heavy atom. The van der Waals surface area contributed by atoms with Crippen molar-refractivity contribution in [3.05, 3.63) is 17.1 Å². The van der Waals surface area contributed by atoms with E-state index in [-0.39, 0.29) is 11.9 Å². The largest absolute Gasteiger partial charge is 0.307 e. The maximum absolute atomic E-state index is 12.6. The number of nitrogens with one attached hydrogen (secondary N) is 1. The molecule has 0 spiro atoms. The van der Waals surface area contributed by atoms with Gasteiger partial charge >= 0.3 is 0 Å². The molecule has 3 aliphatic rings. The first-order valence-corrected chi connectivity index (χ1v) is 9.63. The molecule has 3 heterocycles. The topological polar surface area (TPSA) is 58.1 Å². The number of hydrogen-bond acceptors (Lipinski definition) is 4. The minimum atomic E-state index is 0.247. The number of carbonyl (C=O) groups is 1. The van der Waals surface area contributed by atoms with Gasteiger partial charge in [0.25, 0.3) is 0 Å². The summed E-state index contributed by atoms with van der Waals surface area (Å²) in [6, 6.07) is 0.252. The molecule has 1 N–H and O–H groups in total. The molecule has 1 aromatic heterocycles. The van der Waals surface area contributed by atoms with Gasteiger partial charge in [0.15, 0.2) is 0 Å². The first-order valence-electron chi connectivity index (χ1n) is 9.63. The second kappa shape index (κ2) is 6.79. The van der Waals surface area contributed by atoms with E-state index in [2.05, 4.69) is 12.2 Å². The van der Waals surface area contributed by atoms with Crippen LogP contribution in [0.4, 0.5) is 5.82 Å². The lowest BCUT2D eigenvalue weighted by atomic mass is 9.88. The molecule has 2 aliphatic heterocycles. The zero-order valence-electron chi connectivity index (χ0n) is 14.7. The summed E-state index contributed by atoms with van der Waals surface area (Å²) < 4.78 is 0. The van der Waals surface area contributed by atoms with Gasteiger partial charge in [-0.05, 0) is 51.5 Å². The van der Waals surface area contributed by atoms with E-state index >= 15 is 0 Å². The predicted octanol–water partition coefficient (Wildman–Crippen LogP) is 3.07. The fraction of sp³-hybridized carbons (Fsp3) is 0.737. The zero-order valence-corrected chi connectivity index (χ0v) is 14.7. The Morgan fingerprint density at radius 2 is 1.92 bits per heavy atom. The molecule has 0 radical (unpaired) electrons. The molecule has 1 amide bonds. The van der Waals surface area contributed by atoms with Crippen molar-refractivity contribution in [3.8, 4) is 0 Å². The molecule has 1 saturated heterocycles. The molecule has 1 aliphatic carbocycles. The zero-order chi connectivity index (χ0) is 16.5. The fourth-order valence-corrected chi connectivity index (χ4v) is 4.48. The molecule has 1 aromatic rings. The summed E-state index contributed by atoms with van der Waals surface area (Å²) in [4.78, 5) is 24.3. The third kappa shape index (κ3) is 3.06. The fourth-order valence-electron chi connectivity index (χ4n) is 4.48. The van der Waals surface area contributed by atoms with Crippen molar-refractivity contribution in [1.82, 2.24) is 15.3 Å². The van der Waals surface area contributed by atoms with Gasteiger partial charge in [-0.2, -0.15) is 0 Å². The molecule has 1 saturated carbocycles. The van der Waals surface area contributed by atoms with Gasteiger partial charge < -0.3 is 5.32 Å². The maximum Gasteiger partial charge on any atom is 0.228 e. The number of rotatable bonds is 3. The molecule has 5 heteroatoms. The lowest BCUT2D eigenvalue weighted by Gasteiger charge is -2.33. The van der Waals surface area contributed by atoms with E-state index in [1.165, 1.54) is 44.1 Å². The van der Waals surface area contributed by atoms with Crippen LogP contribution >= 0.6 is 0 Å². The van der Waals surface area contributed by atoms with Crippen molar-refractivity contribution < 1.29 is 4.79 Å². The molecule has 0 bridgehead atoms. The minimum Gasteiger partial charge on any atom is -0.307 e. The second-order valence-corrected chi connectivity index (χ2v) is 7.63. The summed E-state index contributed by atoms with van der Waals surface area (Å²) in [5.41, 5.74) is 2.25. The number of amides is 1. The van der Waals surface area contributed by atoms with Crippen LogP contribution in [0.25, 0.3) is 0 Å². The molecule has 2 fully saturated rings. The SMILES string of the molecule is Cc1nc([C@@H]2CCCN2)nc2c1CCC(=O)N2CC1CCCCC1. The molecule has 24 heavy (non-hydrogen) atoms. The molecular formula is C19H28N4O. The molecule has 5 nitrogen and oxygen atoms in total. The summed E-state index contributed by atoms with van der Waals surface area (Å²) >= 11 is 0. The van der Waals surface area contributed by atoms with Gasteiger partial charge in [-0.25, -0.2) is 9.97 Å². The number of carbonyl (C=O) groups excluding carboxylic acids is 1. The summed E-state index contributed by atoms with van der Waals surface area (Å²) in [5, 5.41) is 3.49. The highest BCUT2D eigenvalue weighted by atomic mass is 16.2. The average molecular weight is 328 g/mol. The van der Waals surface area contributed by atoms with Crippen LogP contribution in [0.3, 0.4) is 0 Å². The highest BCUT2D eigenvalue weighted by molar-refractivity contribution is 5.95. The number of hydrogen-bond donors (Lipinski definition) is 1. The molecule has 4 rings (SSSR count). The van der Waals surface area contributed by atoms with Gasteiger partial charge in [0.2, 0.25) is 5.91 Å². The number of nitrogens with zero attached hydrogens (tertiary/aromatic N) is 3. The third-order valence-corrected chi connectivity index (χ3v) is 5.89. The van der Waals surface area contributed by atoms with Crippen molar-refractivity contribution in [2.75, 3.05) is 18.0 Å². The number of aryl methyl sites for hydroxylation is 1. The lowest BCUT2D eigenvalue weighted by molar-refractivity contribution is -0.119. The average Bonchev–Trinajstić information content (AvgIpc) is 3.13. The molecular weight excluding hydrogens is 300 g/mol. The van der Waals surface area contributed by atoms with E-state index < -0.39 is 0 Å². The first-order chi connectivity index (χ1) is 11.7. The van der Waals surface area contributed by atoms with Crippen LogP contribution in [0.2, 0.25) is 0 Å². The molecule has 1 atom stereocenters. The van der Waals surface area contributed by atoms with E-state index in [1.807, 2.05) is 4.90 Å². The summed E-state index contributed by atoms with van der Waals surface area (Å²) in [5.74, 6) is 2.67. The number of fused-ring (bicyclic) bond motifs is 1. The summed E-state index contributed by atoms with van der Waals surface area (Å²) in [7, 11) is 0. The van der Waals surface area contributed by atoms with E-state index in [4.69, 9.17) is 9.97 Å². The predicted molar refractivity (Wildman–Crippen MR) is 94.0 cm³/mol. The number of anilines is 1. The highest BCUT2D eigenvalue weighted by Crippen LogP contribution is 2.33. The first kappa shape index (κ1) is 16.0. The van der Waals surface area contributed by atoms with Gasteiger partial charge in [-0.1, -0.05) is 19.3 Å². The quantitative estimate of drug-likeness (QED) is 0.926. The second-order valence-electron chi connectivity index (χ2n) is 7.63. The highest BCUT2D eigenvalue weighted by Gasteiger charge is 2.31. The van der Waals surface area contributed by atoms with Crippen molar-refractivity contribution >= 4 is 11.7 Å². The van der Waals surface area contributed by atoms with Crippen LogP contribution in [0.5, 0.6) is 0 Å². The van der Waals surface area contributed by atoms with Crippen LogP contribution in [0, 0.1) is 12.8 Å². The van der Waals surface area contributed by atoms with Crippen molar-refractivity contribution in [2.45, 2.75) is 70.8 Å². The Morgan fingerprint density at radius 3 is 2.67 bits per heavy atom. The van der Waals surface area contributed by atoms with Crippen molar-refractivity contribution in [2.24, 2.45) is 5.92 Å². The normalized spacial score (nSPS) is 25.1. The van der Waals surface area contributed by atoms with Crippen molar-refractivity contribution in [1.29, 1.82) is 0 Å². The van der Waals surface area contributed by atoms with Crippen molar-refractivity contribution in [3.63, 3.8) is 0 Å². The van der Waals surface area contributed by atoms with Gasteiger partial charge in [0.1, 0.15) is 11.6 Å². The Bertz CT molecular complexity index is 618. The van der Waals surface area contributed by atoms with Crippen LogP contribution in [-0.2, 0) is 11.2 Å². The van der Waals surface area contributed by atoms with Crippen LogP contribution in [0.15, 0.2) is 0 Å². The summed E-state index contributed by atoms with van der Waals surface area (Å²) in [6.07, 6.45) is 10.1. The van der Waals surface area contributed by atoms with E-state index in [1.54, 1.807) is 0 Å². The Labute approximate surface area is 144 Å². The third-order valence-electron chi connectivity index (χ3n) is 5.89. The van der Waals surface area contributed by atoms with Crippen LogP contribution in [-0.4, -0.2) is 29.0 Å². The van der Waals surface area contributed by atoms with Gasteiger partial charge in [0, 0.05) is 24.2 Å². The molecule has 0 aromatic carbocycles. The monoisotopic (exact) mass is 328 g/mol. The van der Waals surface area contributed by atoms with Gasteiger partial charge in [-0.3, -0.25) is 9.69 Å². The van der Waals surface area contributed by atoms with Gasteiger partial charge in [-0.15, -0.1) is 0 Å². The minimum absolute atomic E-state index is 0.247. The number of aromatic nitrogens is 2. The summed E-state index contributed by atoms with van der Waals surface area (Å²) in [6.45, 7) is 3.96. The van der Waals surface area contributed by atoms with Crippen LogP contribution in [0.1, 0.15) is 74.5 Å². The van der Waals surface area contributed by atoms with Crippen LogP contribution < -0.4 is 10.2 Å². The Kier molecular flexibility index (Phi) is 4.53. The molecule has 0 unspecified atom stereocenters. The maximum atomic E-state index is 12.6.